The van der Waals surface area contributed by atoms with E-state index in [1.54, 1.807) is 6.92 Å². The predicted octanol–water partition coefficient (Wildman–Crippen LogP) is 0.610. The minimum absolute atomic E-state index is 0.0668. The van der Waals surface area contributed by atoms with Gasteiger partial charge in [-0.3, -0.25) is 0 Å². The fourth-order valence-electron chi connectivity index (χ4n) is 0.741. The van der Waals surface area contributed by atoms with Gasteiger partial charge in [-0.2, -0.15) is 0 Å². The van der Waals surface area contributed by atoms with Crippen molar-refractivity contribution in [3.63, 3.8) is 0 Å². The van der Waals surface area contributed by atoms with Crippen molar-refractivity contribution < 1.29 is 9.90 Å². The van der Waals surface area contributed by atoms with Crippen molar-refractivity contribution in [2.24, 2.45) is 0 Å². The van der Waals surface area contributed by atoms with Gasteiger partial charge in [0, 0.05) is 12.4 Å². The summed E-state index contributed by atoms with van der Waals surface area (Å²) in [4.78, 5) is 18.1. The molecule has 0 aliphatic rings. The molecule has 14 heavy (non-hydrogen) atoms. The van der Waals surface area contributed by atoms with Gasteiger partial charge in [0.25, 0.3) is 0 Å². The van der Waals surface area contributed by atoms with Crippen LogP contribution in [0.1, 0.15) is 17.3 Å². The zero-order valence-corrected chi connectivity index (χ0v) is 7.61. The van der Waals surface area contributed by atoms with E-state index in [1.807, 2.05) is 0 Å². The SMILES string of the molecule is CC#CCNc1ncc(C(=O)O)cn1. The lowest BCUT2D eigenvalue weighted by molar-refractivity contribution is 0.0696. The van der Waals surface area contributed by atoms with E-state index >= 15 is 0 Å². The summed E-state index contributed by atoms with van der Waals surface area (Å²) in [5, 5.41) is 11.4. The molecule has 0 amide bonds. The average molecular weight is 191 g/mol. The highest BCUT2D eigenvalue weighted by molar-refractivity contribution is 5.86. The molecular formula is C9H9N3O2. The lowest BCUT2D eigenvalue weighted by atomic mass is 10.3. The Morgan fingerprint density at radius 1 is 1.57 bits per heavy atom. The van der Waals surface area contributed by atoms with Gasteiger partial charge in [-0.15, -0.1) is 5.92 Å². The maximum absolute atomic E-state index is 10.4. The number of aromatic nitrogens is 2. The summed E-state index contributed by atoms with van der Waals surface area (Å²) >= 11 is 0. The molecule has 0 atom stereocenters. The fraction of sp³-hybridized carbons (Fsp3) is 0.222. The number of carboxylic acids is 1. The van der Waals surface area contributed by atoms with Crippen molar-refractivity contribution in [1.82, 2.24) is 9.97 Å². The molecule has 1 aromatic heterocycles. The van der Waals surface area contributed by atoms with Crippen LogP contribution in [0.4, 0.5) is 5.95 Å². The first-order valence-electron chi connectivity index (χ1n) is 3.93. The van der Waals surface area contributed by atoms with Gasteiger partial charge in [0.05, 0.1) is 12.1 Å². The first-order valence-corrected chi connectivity index (χ1v) is 3.93. The molecule has 0 saturated heterocycles. The molecule has 0 bridgehead atoms. The van der Waals surface area contributed by atoms with Crippen LogP contribution in [0.5, 0.6) is 0 Å². The van der Waals surface area contributed by atoms with E-state index in [0.29, 0.717) is 12.5 Å². The van der Waals surface area contributed by atoms with E-state index in [-0.39, 0.29) is 5.56 Å². The third-order valence-electron chi connectivity index (χ3n) is 1.41. The van der Waals surface area contributed by atoms with Crippen molar-refractivity contribution in [2.75, 3.05) is 11.9 Å². The van der Waals surface area contributed by atoms with Gasteiger partial charge in [-0.05, 0) is 6.92 Å². The monoisotopic (exact) mass is 191 g/mol. The summed E-state index contributed by atoms with van der Waals surface area (Å²) in [5.74, 6) is 4.82. The smallest absolute Gasteiger partial charge is 0.338 e. The van der Waals surface area contributed by atoms with Gasteiger partial charge in [0.2, 0.25) is 5.95 Å². The second kappa shape index (κ2) is 4.82. The number of rotatable bonds is 3. The quantitative estimate of drug-likeness (QED) is 0.684. The van der Waals surface area contributed by atoms with E-state index in [9.17, 15) is 4.79 Å². The molecule has 1 rings (SSSR count). The number of nitrogens with one attached hydrogen (secondary N) is 1. The second-order valence-electron chi connectivity index (χ2n) is 2.38. The molecule has 0 aliphatic carbocycles. The maximum Gasteiger partial charge on any atom is 0.338 e. The molecule has 2 N–H and O–H groups in total. The van der Waals surface area contributed by atoms with Crippen molar-refractivity contribution in [3.8, 4) is 11.8 Å². The Bertz CT molecular complexity index is 375. The lowest BCUT2D eigenvalue weighted by Crippen LogP contribution is -2.05. The van der Waals surface area contributed by atoms with Crippen molar-refractivity contribution in [3.05, 3.63) is 18.0 Å². The average Bonchev–Trinajstić information content (AvgIpc) is 2.19. The highest BCUT2D eigenvalue weighted by atomic mass is 16.4. The first-order chi connectivity index (χ1) is 6.74. The molecule has 5 nitrogen and oxygen atoms in total. The van der Waals surface area contributed by atoms with Gasteiger partial charge in [0.1, 0.15) is 0 Å². The third-order valence-corrected chi connectivity index (χ3v) is 1.41. The summed E-state index contributed by atoms with van der Waals surface area (Å²) in [7, 11) is 0. The van der Waals surface area contributed by atoms with E-state index in [0.717, 1.165) is 0 Å². The van der Waals surface area contributed by atoms with E-state index < -0.39 is 5.97 Å². The van der Waals surface area contributed by atoms with E-state index in [1.165, 1.54) is 12.4 Å². The molecule has 1 heterocycles. The van der Waals surface area contributed by atoms with Crippen LogP contribution >= 0.6 is 0 Å². The number of hydrogen-bond donors (Lipinski definition) is 2. The summed E-state index contributed by atoms with van der Waals surface area (Å²) in [6, 6.07) is 0. The lowest BCUT2D eigenvalue weighted by Gasteiger charge is -1.99. The van der Waals surface area contributed by atoms with Crippen LogP contribution in [0.2, 0.25) is 0 Å². The van der Waals surface area contributed by atoms with Crippen LogP contribution in [-0.2, 0) is 0 Å². The normalized spacial score (nSPS) is 8.64. The summed E-state index contributed by atoms with van der Waals surface area (Å²) in [5.41, 5.74) is 0.0668. The van der Waals surface area contributed by atoms with Gasteiger partial charge in [-0.1, -0.05) is 5.92 Å². The van der Waals surface area contributed by atoms with E-state index in [2.05, 4.69) is 27.1 Å². The van der Waals surface area contributed by atoms with Crippen LogP contribution in [0, 0.1) is 11.8 Å². The van der Waals surface area contributed by atoms with Gasteiger partial charge >= 0.3 is 5.97 Å². The van der Waals surface area contributed by atoms with Crippen LogP contribution < -0.4 is 5.32 Å². The first kappa shape index (κ1) is 9.99. The fourth-order valence-corrected chi connectivity index (χ4v) is 0.741. The molecule has 0 aliphatic heterocycles. The minimum Gasteiger partial charge on any atom is -0.478 e. The standard InChI is InChI=1S/C9H9N3O2/c1-2-3-4-10-9-11-5-7(6-12-9)8(13)14/h5-6H,4H2,1H3,(H,13,14)(H,10,11,12). The molecule has 0 saturated carbocycles. The molecule has 1 aromatic rings. The zero-order valence-electron chi connectivity index (χ0n) is 7.61. The van der Waals surface area contributed by atoms with Crippen LogP contribution in [0.3, 0.4) is 0 Å². The van der Waals surface area contributed by atoms with Crippen molar-refractivity contribution >= 4 is 11.9 Å². The number of anilines is 1. The summed E-state index contributed by atoms with van der Waals surface area (Å²) in [6.07, 6.45) is 2.49. The van der Waals surface area contributed by atoms with Gasteiger partial charge in [0.15, 0.2) is 0 Å². The Labute approximate surface area is 81.2 Å². The number of hydrogen-bond acceptors (Lipinski definition) is 4. The topological polar surface area (TPSA) is 75.1 Å². The largest absolute Gasteiger partial charge is 0.478 e. The Morgan fingerprint density at radius 3 is 2.71 bits per heavy atom. The number of nitrogens with zero attached hydrogens (tertiary/aromatic N) is 2. The summed E-state index contributed by atoms with van der Waals surface area (Å²) in [6.45, 7) is 2.18. The Hall–Kier alpha value is -2.09. The highest BCUT2D eigenvalue weighted by Gasteiger charge is 2.02. The van der Waals surface area contributed by atoms with Gasteiger partial charge in [-0.25, -0.2) is 14.8 Å². The van der Waals surface area contributed by atoms with E-state index in [4.69, 9.17) is 5.11 Å². The maximum atomic E-state index is 10.4. The third kappa shape index (κ3) is 2.75. The molecule has 0 spiro atoms. The number of aromatic carboxylic acids is 1. The Kier molecular flexibility index (Phi) is 3.44. The summed E-state index contributed by atoms with van der Waals surface area (Å²) < 4.78 is 0. The molecule has 72 valence electrons. The van der Waals surface area contributed by atoms with Gasteiger partial charge < -0.3 is 10.4 Å². The molecule has 0 aromatic carbocycles. The molecular weight excluding hydrogens is 182 g/mol. The Morgan fingerprint density at radius 2 is 2.21 bits per heavy atom. The van der Waals surface area contributed by atoms with Crippen LogP contribution in [0.25, 0.3) is 0 Å². The van der Waals surface area contributed by atoms with Crippen molar-refractivity contribution in [1.29, 1.82) is 0 Å². The highest BCUT2D eigenvalue weighted by Crippen LogP contribution is 1.99. The Balaban J connectivity index is 2.62. The van der Waals surface area contributed by atoms with Crippen LogP contribution in [0.15, 0.2) is 12.4 Å². The molecule has 0 radical (unpaired) electrons. The van der Waals surface area contributed by atoms with Crippen LogP contribution in [-0.4, -0.2) is 27.6 Å². The predicted molar refractivity (Wildman–Crippen MR) is 50.9 cm³/mol. The molecule has 5 heteroatoms. The molecule has 0 fully saturated rings. The molecule has 0 unspecified atom stereocenters. The number of carboxylic acid groups (broad SMARTS) is 1. The van der Waals surface area contributed by atoms with Crippen molar-refractivity contribution in [2.45, 2.75) is 6.92 Å². The number of carbonyl (C=O) groups is 1. The second-order valence-corrected chi connectivity index (χ2v) is 2.38. The zero-order chi connectivity index (χ0) is 10.4. The minimum atomic E-state index is -1.04.